The summed E-state index contributed by atoms with van der Waals surface area (Å²) in [6.45, 7) is 4.62. The van der Waals surface area contributed by atoms with Gasteiger partial charge in [0.25, 0.3) is 0 Å². The van der Waals surface area contributed by atoms with Crippen LogP contribution >= 0.6 is 0 Å². The van der Waals surface area contributed by atoms with E-state index in [1.54, 1.807) is 0 Å². The molecule has 1 saturated heterocycles. The highest BCUT2D eigenvalue weighted by Crippen LogP contribution is 2.27. The molecule has 100 valence electrons. The highest BCUT2D eigenvalue weighted by molar-refractivity contribution is 5.23. The minimum atomic E-state index is 0.190. The maximum Gasteiger partial charge on any atom is 0.133 e. The SMILES string of the molecule is Cc1cc(CN2C[C@@H](N)[C@H](c3ccccc3)C2)no1. The Hall–Kier alpha value is -1.65. The molecular formula is C15H19N3O. The molecule has 1 aromatic heterocycles. The molecule has 1 fully saturated rings. The van der Waals surface area contributed by atoms with E-state index < -0.39 is 0 Å². The van der Waals surface area contributed by atoms with E-state index in [4.69, 9.17) is 10.3 Å². The molecule has 19 heavy (non-hydrogen) atoms. The van der Waals surface area contributed by atoms with Gasteiger partial charge in [0.1, 0.15) is 5.76 Å². The largest absolute Gasteiger partial charge is 0.361 e. The summed E-state index contributed by atoms with van der Waals surface area (Å²) < 4.78 is 5.11. The second kappa shape index (κ2) is 5.15. The normalized spacial score (nSPS) is 23.9. The first-order chi connectivity index (χ1) is 9.22. The van der Waals surface area contributed by atoms with Crippen LogP contribution in [0.3, 0.4) is 0 Å². The third-order valence-corrected chi connectivity index (χ3v) is 3.73. The summed E-state index contributed by atoms with van der Waals surface area (Å²) in [5.41, 5.74) is 8.59. The van der Waals surface area contributed by atoms with Crippen molar-refractivity contribution in [3.8, 4) is 0 Å². The Kier molecular flexibility index (Phi) is 3.36. The number of aryl methyl sites for hydroxylation is 1. The lowest BCUT2D eigenvalue weighted by atomic mass is 9.95. The van der Waals surface area contributed by atoms with Gasteiger partial charge in [-0.15, -0.1) is 0 Å². The summed E-state index contributed by atoms with van der Waals surface area (Å²) in [4.78, 5) is 2.35. The molecule has 0 aliphatic carbocycles. The lowest BCUT2D eigenvalue weighted by molar-refractivity contribution is 0.306. The van der Waals surface area contributed by atoms with E-state index in [-0.39, 0.29) is 6.04 Å². The van der Waals surface area contributed by atoms with Gasteiger partial charge in [0.2, 0.25) is 0 Å². The average molecular weight is 257 g/mol. The number of rotatable bonds is 3. The van der Waals surface area contributed by atoms with Crippen molar-refractivity contribution >= 4 is 0 Å². The van der Waals surface area contributed by atoms with E-state index in [2.05, 4.69) is 34.3 Å². The third kappa shape index (κ3) is 2.69. The molecule has 2 heterocycles. The van der Waals surface area contributed by atoms with Crippen molar-refractivity contribution in [1.29, 1.82) is 0 Å². The van der Waals surface area contributed by atoms with Gasteiger partial charge in [-0.1, -0.05) is 35.5 Å². The number of hydrogen-bond acceptors (Lipinski definition) is 4. The Bertz CT molecular complexity index is 537. The van der Waals surface area contributed by atoms with Crippen LogP contribution in [0, 0.1) is 6.92 Å². The summed E-state index contributed by atoms with van der Waals surface area (Å²) in [7, 11) is 0. The molecule has 0 unspecified atom stereocenters. The van der Waals surface area contributed by atoms with E-state index in [0.717, 1.165) is 31.1 Å². The molecule has 2 atom stereocenters. The van der Waals surface area contributed by atoms with Crippen LogP contribution in [-0.2, 0) is 6.54 Å². The Morgan fingerprint density at radius 3 is 2.79 bits per heavy atom. The van der Waals surface area contributed by atoms with Gasteiger partial charge in [-0.05, 0) is 12.5 Å². The van der Waals surface area contributed by atoms with Gasteiger partial charge >= 0.3 is 0 Å². The van der Waals surface area contributed by atoms with E-state index in [9.17, 15) is 0 Å². The van der Waals surface area contributed by atoms with Gasteiger partial charge in [0.15, 0.2) is 0 Å². The molecule has 4 nitrogen and oxygen atoms in total. The summed E-state index contributed by atoms with van der Waals surface area (Å²) in [5.74, 6) is 1.27. The van der Waals surface area contributed by atoms with Crippen LogP contribution in [-0.4, -0.2) is 29.2 Å². The van der Waals surface area contributed by atoms with Crippen molar-refractivity contribution in [2.75, 3.05) is 13.1 Å². The summed E-state index contributed by atoms with van der Waals surface area (Å²) in [5, 5.41) is 4.04. The molecule has 3 rings (SSSR count). The predicted octanol–water partition coefficient (Wildman–Crippen LogP) is 1.91. The summed E-state index contributed by atoms with van der Waals surface area (Å²) in [6.07, 6.45) is 0. The third-order valence-electron chi connectivity index (χ3n) is 3.73. The second-order valence-electron chi connectivity index (χ2n) is 5.30. The zero-order chi connectivity index (χ0) is 13.2. The summed E-state index contributed by atoms with van der Waals surface area (Å²) >= 11 is 0. The Morgan fingerprint density at radius 2 is 2.11 bits per heavy atom. The lowest BCUT2D eigenvalue weighted by Gasteiger charge is -2.14. The molecule has 2 aromatic rings. The molecule has 0 saturated carbocycles. The number of benzene rings is 1. The maximum atomic E-state index is 6.27. The maximum absolute atomic E-state index is 6.27. The molecule has 0 amide bonds. The molecule has 0 radical (unpaired) electrons. The molecule has 1 aliphatic rings. The van der Waals surface area contributed by atoms with Gasteiger partial charge in [-0.3, -0.25) is 4.90 Å². The first-order valence-corrected chi connectivity index (χ1v) is 6.67. The fraction of sp³-hybridized carbons (Fsp3) is 0.400. The van der Waals surface area contributed by atoms with Crippen LogP contribution in [0.5, 0.6) is 0 Å². The number of likely N-dealkylation sites (tertiary alicyclic amines) is 1. The molecule has 1 aromatic carbocycles. The van der Waals surface area contributed by atoms with Gasteiger partial charge in [0, 0.05) is 37.7 Å². The highest BCUT2D eigenvalue weighted by atomic mass is 16.5. The molecule has 4 heteroatoms. The smallest absolute Gasteiger partial charge is 0.133 e. The topological polar surface area (TPSA) is 55.3 Å². The highest BCUT2D eigenvalue weighted by Gasteiger charge is 2.31. The fourth-order valence-corrected chi connectivity index (χ4v) is 2.82. The Balaban J connectivity index is 1.68. The van der Waals surface area contributed by atoms with Crippen LogP contribution in [0.2, 0.25) is 0 Å². The first-order valence-electron chi connectivity index (χ1n) is 6.67. The van der Waals surface area contributed by atoms with Crippen molar-refractivity contribution in [1.82, 2.24) is 10.1 Å². The standard InChI is InChI=1S/C15H19N3O/c1-11-7-13(17-19-11)8-18-9-14(15(16)10-18)12-5-3-2-4-6-12/h2-7,14-15H,8-10,16H2,1H3/t14-,15+/m0/s1. The molecular weight excluding hydrogens is 238 g/mol. The number of aromatic nitrogens is 1. The van der Waals surface area contributed by atoms with Crippen molar-refractivity contribution in [3.05, 3.63) is 53.4 Å². The van der Waals surface area contributed by atoms with Crippen LogP contribution in [0.15, 0.2) is 40.9 Å². The van der Waals surface area contributed by atoms with Crippen LogP contribution < -0.4 is 5.73 Å². The molecule has 0 bridgehead atoms. The monoisotopic (exact) mass is 257 g/mol. The van der Waals surface area contributed by atoms with Crippen molar-refractivity contribution in [3.63, 3.8) is 0 Å². The Labute approximate surface area is 113 Å². The zero-order valence-corrected chi connectivity index (χ0v) is 11.1. The van der Waals surface area contributed by atoms with E-state index in [1.165, 1.54) is 5.56 Å². The van der Waals surface area contributed by atoms with Crippen LogP contribution in [0.25, 0.3) is 0 Å². The van der Waals surface area contributed by atoms with Crippen molar-refractivity contribution < 1.29 is 4.52 Å². The van der Waals surface area contributed by atoms with Gasteiger partial charge < -0.3 is 10.3 Å². The minimum absolute atomic E-state index is 0.190. The van der Waals surface area contributed by atoms with E-state index >= 15 is 0 Å². The Morgan fingerprint density at radius 1 is 1.32 bits per heavy atom. The lowest BCUT2D eigenvalue weighted by Crippen LogP contribution is -2.28. The quantitative estimate of drug-likeness (QED) is 0.912. The van der Waals surface area contributed by atoms with E-state index in [1.807, 2.05) is 19.1 Å². The van der Waals surface area contributed by atoms with Crippen LogP contribution in [0.1, 0.15) is 22.9 Å². The summed E-state index contributed by atoms with van der Waals surface area (Å²) in [6, 6.07) is 12.7. The van der Waals surface area contributed by atoms with Gasteiger partial charge in [-0.25, -0.2) is 0 Å². The van der Waals surface area contributed by atoms with Crippen molar-refractivity contribution in [2.24, 2.45) is 5.73 Å². The number of hydrogen-bond donors (Lipinski definition) is 1. The zero-order valence-electron chi connectivity index (χ0n) is 11.1. The average Bonchev–Trinajstić information content (AvgIpc) is 2.97. The second-order valence-corrected chi connectivity index (χ2v) is 5.30. The number of nitrogens with zero attached hydrogens (tertiary/aromatic N) is 2. The minimum Gasteiger partial charge on any atom is -0.361 e. The first kappa shape index (κ1) is 12.4. The predicted molar refractivity (Wildman–Crippen MR) is 73.7 cm³/mol. The van der Waals surface area contributed by atoms with Gasteiger partial charge in [0.05, 0.1) is 5.69 Å². The van der Waals surface area contributed by atoms with Gasteiger partial charge in [-0.2, -0.15) is 0 Å². The fourth-order valence-electron chi connectivity index (χ4n) is 2.82. The van der Waals surface area contributed by atoms with Crippen molar-refractivity contribution in [2.45, 2.75) is 25.4 Å². The molecule has 0 spiro atoms. The number of nitrogens with two attached hydrogens (primary N) is 1. The molecule has 2 N–H and O–H groups in total. The van der Waals surface area contributed by atoms with E-state index in [0.29, 0.717) is 5.92 Å². The molecule has 1 aliphatic heterocycles. The van der Waals surface area contributed by atoms with Crippen LogP contribution in [0.4, 0.5) is 0 Å².